The topological polar surface area (TPSA) is 149 Å². The van der Waals surface area contributed by atoms with Crippen LogP contribution in [0, 0.1) is 0 Å². The Morgan fingerprint density at radius 3 is 1.28 bits per heavy atom. The van der Waals surface area contributed by atoms with Crippen molar-refractivity contribution in [2.24, 2.45) is 0 Å². The first-order valence-corrected chi connectivity index (χ1v) is 16.9. The van der Waals surface area contributed by atoms with Crippen LogP contribution in [0.15, 0.2) is 0 Å². The van der Waals surface area contributed by atoms with Gasteiger partial charge in [-0.15, -0.1) is 0 Å². The van der Waals surface area contributed by atoms with E-state index in [1.807, 2.05) is 13.8 Å². The zero-order chi connectivity index (χ0) is 27.6. The molecule has 0 atom stereocenters. The van der Waals surface area contributed by atoms with E-state index < -0.39 is 67.8 Å². The average molecular weight is 596 g/mol. The van der Waals surface area contributed by atoms with Crippen molar-refractivity contribution in [1.82, 2.24) is 0 Å². The van der Waals surface area contributed by atoms with Crippen LogP contribution in [-0.2, 0) is 71.2 Å². The summed E-state index contributed by atoms with van der Waals surface area (Å²) in [6, 6.07) is 0. The van der Waals surface area contributed by atoms with E-state index in [0.29, 0.717) is 0 Å². The van der Waals surface area contributed by atoms with Gasteiger partial charge in [0.2, 0.25) is 0 Å². The van der Waals surface area contributed by atoms with E-state index in [4.69, 9.17) is 21.8 Å². The molecule has 0 aromatic rings. The number of hydrogen-bond donors (Lipinski definition) is 0. The Kier molecular flexibility index (Phi) is 19.1. The van der Waals surface area contributed by atoms with Gasteiger partial charge in [0.15, 0.2) is 0 Å². The second-order valence-electron chi connectivity index (χ2n) is 8.13. The van der Waals surface area contributed by atoms with E-state index in [2.05, 4.69) is 0 Å². The minimum atomic E-state index is -5.81. The van der Waals surface area contributed by atoms with Gasteiger partial charge in [-0.25, -0.2) is 0 Å². The number of carbonyl (C=O) groups excluding carboxylic acids is 6. The van der Waals surface area contributed by atoms with E-state index in [1.54, 1.807) is 20.8 Å². The third-order valence-corrected chi connectivity index (χ3v) is 13.4. The molecular formula is C24H40O11Zr. The third-order valence-electron chi connectivity index (χ3n) is 4.71. The first-order chi connectivity index (χ1) is 17.0. The van der Waals surface area contributed by atoms with Crippen LogP contribution in [0.3, 0.4) is 0 Å². The van der Waals surface area contributed by atoms with Gasteiger partial charge in [-0.3, -0.25) is 0 Å². The molecule has 0 heterocycles. The second-order valence-corrected chi connectivity index (χ2v) is 16.3. The van der Waals surface area contributed by atoms with Crippen molar-refractivity contribution in [1.29, 1.82) is 0 Å². The Hall–Kier alpha value is -1.30. The van der Waals surface area contributed by atoms with Gasteiger partial charge in [0, 0.05) is 0 Å². The summed E-state index contributed by atoms with van der Waals surface area (Å²) in [6.07, 6.45) is -2.07. The maximum atomic E-state index is 13.4. The van der Waals surface area contributed by atoms with Gasteiger partial charge in [-0.05, 0) is 0 Å². The second kappa shape index (κ2) is 19.8. The van der Waals surface area contributed by atoms with Crippen LogP contribution >= 0.6 is 0 Å². The van der Waals surface area contributed by atoms with Crippen LogP contribution in [0.4, 0.5) is 0 Å². The Morgan fingerprint density at radius 1 is 0.611 bits per heavy atom. The molecule has 0 fully saturated rings. The molecule has 0 saturated heterocycles. The molecule has 0 radical (unpaired) electrons. The SMILES string of the molecule is CCOCC(=O)C[C](=O)[Zr]([O]CCCOC(C)C)([C](=O)CC(=O)COCC)[C](=O)CC(=O)COCC. The van der Waals surface area contributed by atoms with Crippen molar-refractivity contribution in [2.45, 2.75) is 66.4 Å². The minimum absolute atomic E-state index is 0.0632. The number of Topliss-reactive ketones (excluding diaryl/α,β-unsaturated/α-hetero) is 3. The molecule has 0 unspecified atom stereocenters. The fourth-order valence-corrected chi connectivity index (χ4v) is 10.9. The van der Waals surface area contributed by atoms with Gasteiger partial charge in [0.25, 0.3) is 0 Å². The summed E-state index contributed by atoms with van der Waals surface area (Å²) in [4.78, 5) is 77.2. The molecule has 11 nitrogen and oxygen atoms in total. The molecule has 12 heteroatoms. The standard InChI is InChI=1S/3C6H9O3.C6H13O2.Zr/c3*1-2-9-5-6(8)3-4-7;1-6(2)8-5-3-4-7;/h3*2-3,5H2,1H3;6H,3-5H2,1-2H3;/q;;;-1;+1. The van der Waals surface area contributed by atoms with Crippen LogP contribution in [0.1, 0.15) is 60.3 Å². The summed E-state index contributed by atoms with van der Waals surface area (Å²) >= 11 is -5.81. The number of ether oxygens (including phenoxy) is 4. The van der Waals surface area contributed by atoms with Crippen molar-refractivity contribution in [3.63, 3.8) is 0 Å². The molecule has 0 rings (SSSR count). The van der Waals surface area contributed by atoms with Gasteiger partial charge >= 0.3 is 218 Å². The predicted molar refractivity (Wildman–Crippen MR) is 125 cm³/mol. The summed E-state index contributed by atoms with van der Waals surface area (Å²) in [6.45, 7) is 8.31. The van der Waals surface area contributed by atoms with Crippen LogP contribution in [0.2, 0.25) is 0 Å². The first kappa shape index (κ1) is 34.7. The van der Waals surface area contributed by atoms with E-state index in [1.165, 1.54) is 0 Å². The molecule has 36 heavy (non-hydrogen) atoms. The van der Waals surface area contributed by atoms with Gasteiger partial charge in [-0.1, -0.05) is 0 Å². The number of ketones is 3. The van der Waals surface area contributed by atoms with E-state index in [-0.39, 0.29) is 65.4 Å². The zero-order valence-corrected chi connectivity index (χ0v) is 24.5. The fraction of sp³-hybridized carbons (Fsp3) is 0.750. The molecule has 0 bridgehead atoms. The molecule has 0 spiro atoms. The van der Waals surface area contributed by atoms with Crippen molar-refractivity contribution in [2.75, 3.05) is 52.9 Å². The summed E-state index contributed by atoms with van der Waals surface area (Å²) < 4.78 is 23.5. The Labute approximate surface area is 217 Å². The van der Waals surface area contributed by atoms with Gasteiger partial charge in [0.1, 0.15) is 0 Å². The zero-order valence-electron chi connectivity index (χ0n) is 22.1. The average Bonchev–Trinajstić information content (AvgIpc) is 2.81. The van der Waals surface area contributed by atoms with E-state index >= 15 is 0 Å². The van der Waals surface area contributed by atoms with Gasteiger partial charge < -0.3 is 0 Å². The van der Waals surface area contributed by atoms with Crippen molar-refractivity contribution < 1.29 is 71.2 Å². The third kappa shape index (κ3) is 13.3. The van der Waals surface area contributed by atoms with Gasteiger partial charge in [0.05, 0.1) is 0 Å². The maximum absolute atomic E-state index is 13.4. The fourth-order valence-electron chi connectivity index (χ4n) is 3.02. The number of rotatable bonds is 24. The van der Waals surface area contributed by atoms with Gasteiger partial charge in [-0.2, -0.15) is 0 Å². The predicted octanol–water partition coefficient (Wildman–Crippen LogP) is 1.45. The van der Waals surface area contributed by atoms with Crippen molar-refractivity contribution >= 4 is 27.8 Å². The first-order valence-electron chi connectivity index (χ1n) is 12.2. The molecule has 0 aromatic heterocycles. The quantitative estimate of drug-likeness (QED) is 0.118. The molecule has 206 valence electrons. The molecule has 0 aliphatic heterocycles. The number of hydrogen-bond acceptors (Lipinski definition) is 11. The summed E-state index contributed by atoms with van der Waals surface area (Å²) in [7, 11) is 0. The monoisotopic (exact) mass is 594 g/mol. The molecule has 0 saturated carbocycles. The molecule has 0 aromatic carbocycles. The van der Waals surface area contributed by atoms with Crippen LogP contribution in [-0.4, -0.2) is 86.8 Å². The Morgan fingerprint density at radius 2 is 0.972 bits per heavy atom. The van der Waals surface area contributed by atoms with Crippen molar-refractivity contribution in [3.8, 4) is 0 Å². The molecule has 0 aliphatic carbocycles. The molecule has 0 amide bonds. The Balaban J connectivity index is 6.09. The normalized spacial score (nSPS) is 11.5. The molecule has 0 N–H and O–H groups in total. The summed E-state index contributed by atoms with van der Waals surface area (Å²) in [5.41, 5.74) is 0. The van der Waals surface area contributed by atoms with Crippen molar-refractivity contribution in [3.05, 3.63) is 0 Å². The van der Waals surface area contributed by atoms with Crippen LogP contribution in [0.5, 0.6) is 0 Å². The molecule has 0 aliphatic rings. The van der Waals surface area contributed by atoms with E-state index in [9.17, 15) is 28.8 Å². The summed E-state index contributed by atoms with van der Waals surface area (Å²) in [5.74, 6) is -1.88. The van der Waals surface area contributed by atoms with Crippen LogP contribution in [0.25, 0.3) is 0 Å². The molecular weight excluding hydrogens is 555 g/mol. The van der Waals surface area contributed by atoms with Crippen LogP contribution < -0.4 is 0 Å². The van der Waals surface area contributed by atoms with E-state index in [0.717, 1.165) is 0 Å². The summed E-state index contributed by atoms with van der Waals surface area (Å²) in [5, 5.41) is 0. The number of carbonyl (C=O) groups is 6. The Bertz CT molecular complexity index is 665.